The highest BCUT2D eigenvalue weighted by atomic mass is 35.5. The van der Waals surface area contributed by atoms with E-state index in [1.807, 2.05) is 0 Å². The molecule has 2 rings (SSSR count). The van der Waals surface area contributed by atoms with Crippen molar-refractivity contribution in [2.24, 2.45) is 0 Å². The van der Waals surface area contributed by atoms with Crippen LogP contribution in [-0.2, 0) is 6.18 Å². The van der Waals surface area contributed by atoms with Crippen LogP contribution in [-0.4, -0.2) is 15.9 Å². The van der Waals surface area contributed by atoms with Crippen LogP contribution in [0.5, 0.6) is 0 Å². The van der Waals surface area contributed by atoms with E-state index in [0.717, 1.165) is 18.3 Å². The van der Waals surface area contributed by atoms with Crippen molar-refractivity contribution in [2.75, 3.05) is 5.32 Å². The molecule has 0 radical (unpaired) electrons. The molecular formula is C13H9ClF3N3O. The summed E-state index contributed by atoms with van der Waals surface area (Å²) in [5.74, 6) is -0.584. The van der Waals surface area contributed by atoms with Gasteiger partial charge in [-0.05, 0) is 30.7 Å². The number of aromatic nitrogens is 2. The minimum atomic E-state index is -4.54. The number of halogens is 4. The molecule has 0 fully saturated rings. The number of alkyl halides is 3. The molecule has 2 aromatic heterocycles. The Morgan fingerprint density at radius 1 is 1.24 bits per heavy atom. The topological polar surface area (TPSA) is 54.9 Å². The fourth-order valence-corrected chi connectivity index (χ4v) is 1.63. The van der Waals surface area contributed by atoms with E-state index in [1.54, 1.807) is 13.0 Å². The molecule has 110 valence electrons. The molecular weight excluding hydrogens is 307 g/mol. The van der Waals surface area contributed by atoms with Gasteiger partial charge in [0.15, 0.2) is 0 Å². The molecule has 4 nitrogen and oxygen atoms in total. The molecule has 0 aliphatic carbocycles. The van der Waals surface area contributed by atoms with Crippen molar-refractivity contribution in [3.63, 3.8) is 0 Å². The predicted molar refractivity (Wildman–Crippen MR) is 71.2 cm³/mol. The van der Waals surface area contributed by atoms with Crippen LogP contribution < -0.4 is 5.32 Å². The van der Waals surface area contributed by atoms with E-state index in [9.17, 15) is 18.0 Å². The molecule has 0 bridgehead atoms. The second-order valence-electron chi connectivity index (χ2n) is 4.22. The Hall–Kier alpha value is -2.15. The Morgan fingerprint density at radius 2 is 1.95 bits per heavy atom. The maximum atomic E-state index is 12.4. The first-order valence-corrected chi connectivity index (χ1v) is 6.12. The Kier molecular flexibility index (Phi) is 4.13. The Labute approximate surface area is 123 Å². The fourth-order valence-electron chi connectivity index (χ4n) is 1.53. The predicted octanol–water partition coefficient (Wildman–Crippen LogP) is 3.71. The molecule has 0 atom stereocenters. The molecule has 0 spiro atoms. The maximum Gasteiger partial charge on any atom is 0.433 e. The van der Waals surface area contributed by atoms with Crippen molar-refractivity contribution in [1.82, 2.24) is 9.97 Å². The lowest BCUT2D eigenvalue weighted by atomic mass is 10.2. The van der Waals surface area contributed by atoms with Crippen LogP contribution in [0.3, 0.4) is 0 Å². The first kappa shape index (κ1) is 15.2. The van der Waals surface area contributed by atoms with Gasteiger partial charge in [-0.1, -0.05) is 11.6 Å². The molecule has 1 N–H and O–H groups in total. The Morgan fingerprint density at radius 3 is 2.48 bits per heavy atom. The van der Waals surface area contributed by atoms with E-state index in [2.05, 4.69) is 15.3 Å². The van der Waals surface area contributed by atoms with Gasteiger partial charge in [0.25, 0.3) is 5.91 Å². The smallest absolute Gasteiger partial charge is 0.321 e. The lowest BCUT2D eigenvalue weighted by Gasteiger charge is -2.08. The third kappa shape index (κ3) is 3.69. The molecule has 2 aromatic rings. The van der Waals surface area contributed by atoms with Crippen LogP contribution in [0.1, 0.15) is 21.6 Å². The first-order chi connectivity index (χ1) is 9.77. The average Bonchev–Trinajstić information content (AvgIpc) is 2.42. The summed E-state index contributed by atoms with van der Waals surface area (Å²) in [6, 6.07) is 3.41. The number of pyridine rings is 2. The van der Waals surface area contributed by atoms with E-state index < -0.39 is 17.8 Å². The minimum absolute atomic E-state index is 0.00982. The number of carbonyl (C=O) groups is 1. The zero-order valence-corrected chi connectivity index (χ0v) is 11.5. The standard InChI is InChI=1S/C13H9ClF3N3O/c1-7-4-9(6-19-11(7)14)20-12(21)8-2-3-10(18-5-8)13(15,16)17/h2-6H,1H3,(H,20,21). The summed E-state index contributed by atoms with van der Waals surface area (Å²) in [6.07, 6.45) is -2.31. The van der Waals surface area contributed by atoms with Crippen molar-refractivity contribution < 1.29 is 18.0 Å². The molecule has 0 saturated heterocycles. The van der Waals surface area contributed by atoms with Crippen molar-refractivity contribution in [1.29, 1.82) is 0 Å². The largest absolute Gasteiger partial charge is 0.433 e. The lowest BCUT2D eigenvalue weighted by Crippen LogP contribution is -2.14. The quantitative estimate of drug-likeness (QED) is 0.860. The molecule has 0 aromatic carbocycles. The first-order valence-electron chi connectivity index (χ1n) is 5.74. The molecule has 1 amide bonds. The third-order valence-corrected chi connectivity index (χ3v) is 2.98. The van der Waals surface area contributed by atoms with Crippen molar-refractivity contribution in [3.05, 3.63) is 52.6 Å². The van der Waals surface area contributed by atoms with Gasteiger partial charge in [0, 0.05) is 6.20 Å². The summed E-state index contributed by atoms with van der Waals surface area (Å²) in [5, 5.41) is 2.81. The minimum Gasteiger partial charge on any atom is -0.321 e. The van der Waals surface area contributed by atoms with Gasteiger partial charge in [-0.15, -0.1) is 0 Å². The van der Waals surface area contributed by atoms with Gasteiger partial charge in [-0.2, -0.15) is 13.2 Å². The summed E-state index contributed by atoms with van der Waals surface area (Å²) < 4.78 is 37.1. The summed E-state index contributed by atoms with van der Waals surface area (Å²) in [5.41, 5.74) is 0.0143. The van der Waals surface area contributed by atoms with Crippen LogP contribution in [0.4, 0.5) is 18.9 Å². The molecule has 0 aliphatic heterocycles. The number of amides is 1. The zero-order chi connectivity index (χ0) is 15.6. The summed E-state index contributed by atoms with van der Waals surface area (Å²) in [6.45, 7) is 1.71. The zero-order valence-electron chi connectivity index (χ0n) is 10.7. The SMILES string of the molecule is Cc1cc(NC(=O)c2ccc(C(F)(F)F)nc2)cnc1Cl. The monoisotopic (exact) mass is 315 g/mol. The molecule has 0 unspecified atom stereocenters. The highest BCUT2D eigenvalue weighted by molar-refractivity contribution is 6.30. The summed E-state index contributed by atoms with van der Waals surface area (Å²) in [4.78, 5) is 19.0. The number of rotatable bonds is 2. The summed E-state index contributed by atoms with van der Waals surface area (Å²) in [7, 11) is 0. The van der Waals surface area contributed by atoms with Gasteiger partial charge in [-0.3, -0.25) is 9.78 Å². The van der Waals surface area contributed by atoms with Gasteiger partial charge >= 0.3 is 6.18 Å². The van der Waals surface area contributed by atoms with E-state index in [0.29, 0.717) is 16.4 Å². The second kappa shape index (κ2) is 5.69. The van der Waals surface area contributed by atoms with Gasteiger partial charge in [0.2, 0.25) is 0 Å². The van der Waals surface area contributed by atoms with E-state index in [-0.39, 0.29) is 5.56 Å². The van der Waals surface area contributed by atoms with Gasteiger partial charge < -0.3 is 5.32 Å². The summed E-state index contributed by atoms with van der Waals surface area (Å²) >= 11 is 5.75. The van der Waals surface area contributed by atoms with Gasteiger partial charge in [0.1, 0.15) is 10.8 Å². The molecule has 21 heavy (non-hydrogen) atoms. The number of carbonyl (C=O) groups excluding carboxylic acids is 1. The Bertz CT molecular complexity index is 671. The van der Waals surface area contributed by atoms with Crippen molar-refractivity contribution in [2.45, 2.75) is 13.1 Å². The van der Waals surface area contributed by atoms with Crippen LogP contribution >= 0.6 is 11.6 Å². The Balaban J connectivity index is 2.15. The number of hydrogen-bond donors (Lipinski definition) is 1. The highest BCUT2D eigenvalue weighted by Crippen LogP contribution is 2.27. The fraction of sp³-hybridized carbons (Fsp3) is 0.154. The van der Waals surface area contributed by atoms with Gasteiger partial charge in [0.05, 0.1) is 17.4 Å². The number of hydrogen-bond acceptors (Lipinski definition) is 3. The normalized spacial score (nSPS) is 11.3. The number of nitrogens with one attached hydrogen (secondary N) is 1. The van der Waals surface area contributed by atoms with Crippen LogP contribution in [0.2, 0.25) is 5.15 Å². The third-order valence-electron chi connectivity index (χ3n) is 2.59. The van der Waals surface area contributed by atoms with E-state index >= 15 is 0 Å². The van der Waals surface area contributed by atoms with Gasteiger partial charge in [-0.25, -0.2) is 4.98 Å². The number of anilines is 1. The van der Waals surface area contributed by atoms with Crippen LogP contribution in [0.15, 0.2) is 30.6 Å². The lowest BCUT2D eigenvalue weighted by molar-refractivity contribution is -0.141. The van der Waals surface area contributed by atoms with E-state index in [4.69, 9.17) is 11.6 Å². The number of aryl methyl sites for hydroxylation is 1. The average molecular weight is 316 g/mol. The molecule has 2 heterocycles. The molecule has 0 aliphatic rings. The maximum absolute atomic E-state index is 12.4. The number of nitrogens with zero attached hydrogens (tertiary/aromatic N) is 2. The second-order valence-corrected chi connectivity index (χ2v) is 4.57. The molecule has 0 saturated carbocycles. The molecule has 8 heteroatoms. The van der Waals surface area contributed by atoms with Crippen molar-refractivity contribution >= 4 is 23.2 Å². The highest BCUT2D eigenvalue weighted by Gasteiger charge is 2.32. The van der Waals surface area contributed by atoms with E-state index in [1.165, 1.54) is 6.20 Å². The van der Waals surface area contributed by atoms with Crippen molar-refractivity contribution in [3.8, 4) is 0 Å². The van der Waals surface area contributed by atoms with Crippen LogP contribution in [0, 0.1) is 6.92 Å². The van der Waals surface area contributed by atoms with Crippen LogP contribution in [0.25, 0.3) is 0 Å².